The molecule has 3 amide bonds. The number of hydrogen-bond donors (Lipinski definition) is 2. The molecule has 1 heterocycles. The highest BCUT2D eigenvalue weighted by atomic mass is 16.5. The topological polar surface area (TPSA) is 105 Å². The van der Waals surface area contributed by atoms with Crippen molar-refractivity contribution < 1.29 is 29.0 Å². The van der Waals surface area contributed by atoms with E-state index in [4.69, 9.17) is 4.74 Å². The van der Waals surface area contributed by atoms with E-state index in [1.807, 2.05) is 13.8 Å². The monoisotopic (exact) mass is 364 g/mol. The van der Waals surface area contributed by atoms with Crippen molar-refractivity contribution in [3.05, 3.63) is 29.8 Å². The minimum absolute atomic E-state index is 0.0938. The SMILES string of the molecule is COC(=O)c1ccc(OCC(O)CN2C(=O)NC(CC(C)C)C2=O)cc1. The highest BCUT2D eigenvalue weighted by Gasteiger charge is 2.38. The summed E-state index contributed by atoms with van der Waals surface area (Å²) < 4.78 is 10.0. The van der Waals surface area contributed by atoms with Gasteiger partial charge in [0, 0.05) is 0 Å². The van der Waals surface area contributed by atoms with Gasteiger partial charge in [-0.3, -0.25) is 9.69 Å². The zero-order valence-electron chi connectivity index (χ0n) is 15.1. The number of nitrogens with zero attached hydrogens (tertiary/aromatic N) is 1. The van der Waals surface area contributed by atoms with E-state index in [1.165, 1.54) is 7.11 Å². The third kappa shape index (κ3) is 4.95. The van der Waals surface area contributed by atoms with Gasteiger partial charge in [0.05, 0.1) is 19.2 Å². The van der Waals surface area contributed by atoms with Crippen LogP contribution in [0.3, 0.4) is 0 Å². The molecule has 2 rings (SSSR count). The van der Waals surface area contributed by atoms with Gasteiger partial charge in [-0.05, 0) is 36.6 Å². The van der Waals surface area contributed by atoms with Gasteiger partial charge in [0.2, 0.25) is 0 Å². The van der Waals surface area contributed by atoms with Gasteiger partial charge in [-0.2, -0.15) is 0 Å². The van der Waals surface area contributed by atoms with Crippen LogP contribution >= 0.6 is 0 Å². The number of β-amino-alcohol motifs (C(OH)–C–C–N with tert-alkyl or cyclic N) is 1. The van der Waals surface area contributed by atoms with Crippen LogP contribution in [0.1, 0.15) is 30.6 Å². The predicted molar refractivity (Wildman–Crippen MR) is 92.8 cm³/mol. The quantitative estimate of drug-likeness (QED) is 0.530. The number of esters is 1. The Bertz CT molecular complexity index is 658. The maximum atomic E-state index is 12.2. The fourth-order valence-corrected chi connectivity index (χ4v) is 2.64. The molecular formula is C18H24N2O6. The van der Waals surface area contributed by atoms with E-state index >= 15 is 0 Å². The van der Waals surface area contributed by atoms with Crippen molar-refractivity contribution in [2.45, 2.75) is 32.4 Å². The zero-order valence-corrected chi connectivity index (χ0v) is 15.1. The summed E-state index contributed by atoms with van der Waals surface area (Å²) in [5, 5.41) is 12.7. The lowest BCUT2D eigenvalue weighted by molar-refractivity contribution is -0.128. The Hall–Kier alpha value is -2.61. The van der Waals surface area contributed by atoms with Crippen molar-refractivity contribution in [2.75, 3.05) is 20.3 Å². The predicted octanol–water partition coefficient (Wildman–Crippen LogP) is 1.18. The first-order valence-electron chi connectivity index (χ1n) is 8.43. The van der Waals surface area contributed by atoms with Crippen LogP contribution in [0.4, 0.5) is 4.79 Å². The van der Waals surface area contributed by atoms with Gasteiger partial charge in [-0.1, -0.05) is 13.8 Å². The molecule has 26 heavy (non-hydrogen) atoms. The molecule has 0 aromatic heterocycles. The Morgan fingerprint density at radius 3 is 2.50 bits per heavy atom. The van der Waals surface area contributed by atoms with Crippen LogP contribution in [0.5, 0.6) is 5.75 Å². The Morgan fingerprint density at radius 2 is 1.92 bits per heavy atom. The molecule has 2 N–H and O–H groups in total. The first-order valence-corrected chi connectivity index (χ1v) is 8.43. The van der Waals surface area contributed by atoms with E-state index in [-0.39, 0.29) is 25.0 Å². The highest BCUT2D eigenvalue weighted by Crippen LogP contribution is 2.16. The third-order valence-electron chi connectivity index (χ3n) is 3.93. The second kappa shape index (κ2) is 8.66. The number of carbonyl (C=O) groups is 3. The minimum atomic E-state index is -1.03. The number of nitrogens with one attached hydrogen (secondary N) is 1. The maximum Gasteiger partial charge on any atom is 0.337 e. The van der Waals surface area contributed by atoms with Crippen molar-refractivity contribution >= 4 is 17.9 Å². The first kappa shape index (κ1) is 19.7. The van der Waals surface area contributed by atoms with E-state index in [1.54, 1.807) is 24.3 Å². The van der Waals surface area contributed by atoms with E-state index in [0.717, 1.165) is 4.90 Å². The molecule has 1 aliphatic heterocycles. The molecule has 0 radical (unpaired) electrons. The molecule has 0 bridgehead atoms. The van der Waals surface area contributed by atoms with Gasteiger partial charge >= 0.3 is 12.0 Å². The van der Waals surface area contributed by atoms with Crippen LogP contribution in [-0.2, 0) is 9.53 Å². The average Bonchev–Trinajstić information content (AvgIpc) is 2.86. The molecule has 8 nitrogen and oxygen atoms in total. The molecule has 0 aliphatic carbocycles. The molecular weight excluding hydrogens is 340 g/mol. The van der Waals surface area contributed by atoms with E-state index in [2.05, 4.69) is 10.1 Å². The molecule has 1 aromatic rings. The van der Waals surface area contributed by atoms with E-state index in [0.29, 0.717) is 17.7 Å². The Morgan fingerprint density at radius 1 is 1.27 bits per heavy atom. The van der Waals surface area contributed by atoms with Crippen LogP contribution in [-0.4, -0.2) is 60.3 Å². The fourth-order valence-electron chi connectivity index (χ4n) is 2.64. The van der Waals surface area contributed by atoms with Crippen molar-refractivity contribution in [3.63, 3.8) is 0 Å². The molecule has 142 valence electrons. The number of benzene rings is 1. The van der Waals surface area contributed by atoms with Crippen molar-refractivity contribution in [1.29, 1.82) is 0 Å². The summed E-state index contributed by atoms with van der Waals surface area (Å²) in [4.78, 5) is 36.5. The summed E-state index contributed by atoms with van der Waals surface area (Å²) in [7, 11) is 1.30. The van der Waals surface area contributed by atoms with Gasteiger partial charge in [-0.25, -0.2) is 9.59 Å². The van der Waals surface area contributed by atoms with E-state index < -0.39 is 24.1 Å². The number of amides is 3. The van der Waals surface area contributed by atoms with Gasteiger partial charge < -0.3 is 19.9 Å². The van der Waals surface area contributed by atoms with Crippen LogP contribution in [0.2, 0.25) is 0 Å². The summed E-state index contributed by atoms with van der Waals surface area (Å²) in [5.74, 6) is -0.0618. The van der Waals surface area contributed by atoms with Gasteiger partial charge in [0.15, 0.2) is 0 Å². The smallest absolute Gasteiger partial charge is 0.337 e. The number of aliphatic hydroxyl groups is 1. The molecule has 0 spiro atoms. The number of carbonyl (C=O) groups excluding carboxylic acids is 3. The van der Waals surface area contributed by atoms with Gasteiger partial charge in [0.1, 0.15) is 24.5 Å². The molecule has 0 saturated carbocycles. The average molecular weight is 364 g/mol. The third-order valence-corrected chi connectivity index (χ3v) is 3.93. The molecule has 2 atom stereocenters. The maximum absolute atomic E-state index is 12.2. The number of imide groups is 1. The lowest BCUT2D eigenvalue weighted by Gasteiger charge is -2.18. The first-order chi connectivity index (χ1) is 12.3. The van der Waals surface area contributed by atoms with Crippen LogP contribution < -0.4 is 10.1 Å². The summed E-state index contributed by atoms with van der Waals surface area (Å²) in [6, 6.07) is 5.20. The number of urea groups is 1. The zero-order chi connectivity index (χ0) is 19.3. The fraction of sp³-hybridized carbons (Fsp3) is 0.500. The summed E-state index contributed by atoms with van der Waals surface area (Å²) >= 11 is 0. The number of methoxy groups -OCH3 is 1. The number of hydrogen-bond acceptors (Lipinski definition) is 6. The number of ether oxygens (including phenoxy) is 2. The van der Waals surface area contributed by atoms with Gasteiger partial charge in [0.25, 0.3) is 5.91 Å². The van der Waals surface area contributed by atoms with Crippen LogP contribution in [0, 0.1) is 5.92 Å². The second-order valence-corrected chi connectivity index (χ2v) is 6.56. The Labute approximate surface area is 152 Å². The minimum Gasteiger partial charge on any atom is -0.491 e. The van der Waals surface area contributed by atoms with Crippen molar-refractivity contribution in [3.8, 4) is 5.75 Å². The normalized spacial score (nSPS) is 18.0. The van der Waals surface area contributed by atoms with Crippen LogP contribution in [0.15, 0.2) is 24.3 Å². The standard InChI is InChI=1S/C18H24N2O6/c1-11(2)8-15-16(22)20(18(24)19-15)9-13(21)10-26-14-6-4-12(5-7-14)17(23)25-3/h4-7,11,13,15,21H,8-10H2,1-3H3,(H,19,24). The van der Waals surface area contributed by atoms with E-state index in [9.17, 15) is 19.5 Å². The summed E-state index contributed by atoms with van der Waals surface area (Å²) in [6.45, 7) is 3.70. The molecule has 1 saturated heterocycles. The second-order valence-electron chi connectivity index (χ2n) is 6.56. The van der Waals surface area contributed by atoms with Gasteiger partial charge in [-0.15, -0.1) is 0 Å². The number of rotatable bonds is 8. The van der Waals surface area contributed by atoms with Crippen molar-refractivity contribution in [1.82, 2.24) is 10.2 Å². The molecule has 1 fully saturated rings. The molecule has 1 aliphatic rings. The number of aliphatic hydroxyl groups excluding tert-OH is 1. The van der Waals surface area contributed by atoms with Crippen LogP contribution in [0.25, 0.3) is 0 Å². The largest absolute Gasteiger partial charge is 0.491 e. The molecule has 8 heteroatoms. The highest BCUT2D eigenvalue weighted by molar-refractivity contribution is 6.04. The lowest BCUT2D eigenvalue weighted by atomic mass is 10.0. The summed E-state index contributed by atoms with van der Waals surface area (Å²) in [5.41, 5.74) is 0.385. The lowest BCUT2D eigenvalue weighted by Crippen LogP contribution is -2.40. The Balaban J connectivity index is 1.85. The van der Waals surface area contributed by atoms with Crippen molar-refractivity contribution in [2.24, 2.45) is 5.92 Å². The summed E-state index contributed by atoms with van der Waals surface area (Å²) in [6.07, 6.45) is -0.469. The molecule has 1 aromatic carbocycles. The Kier molecular flexibility index (Phi) is 6.57. The molecule has 2 unspecified atom stereocenters.